The van der Waals surface area contributed by atoms with Crippen LogP contribution in [0.5, 0.6) is 0 Å². The zero-order chi connectivity index (χ0) is 13.7. The van der Waals surface area contributed by atoms with E-state index in [1.54, 1.807) is 10.8 Å². The first-order valence-electron chi connectivity index (χ1n) is 6.69. The second-order valence-corrected chi connectivity index (χ2v) is 4.72. The molecular weight excluding hydrogens is 240 g/mol. The van der Waals surface area contributed by atoms with E-state index in [4.69, 9.17) is 0 Å². The molecule has 1 aromatic carbocycles. The predicted octanol–water partition coefficient (Wildman–Crippen LogP) is 1.36. The maximum Gasteiger partial charge on any atom is 0.258 e. The predicted molar refractivity (Wildman–Crippen MR) is 77.4 cm³/mol. The molecule has 1 aromatic heterocycles. The summed E-state index contributed by atoms with van der Waals surface area (Å²) in [5, 5.41) is 14.7. The summed E-state index contributed by atoms with van der Waals surface area (Å²) in [5.74, 6) is 0. The van der Waals surface area contributed by atoms with Crippen LogP contribution in [0.2, 0.25) is 0 Å². The Morgan fingerprint density at radius 1 is 1.32 bits per heavy atom. The molecule has 2 N–H and O–H groups in total. The summed E-state index contributed by atoms with van der Waals surface area (Å²) < 4.78 is 1.57. The summed E-state index contributed by atoms with van der Waals surface area (Å²) in [6.07, 6.45) is 2.22. The molecule has 0 aliphatic carbocycles. The van der Waals surface area contributed by atoms with Crippen LogP contribution < -0.4 is 10.9 Å². The van der Waals surface area contributed by atoms with E-state index in [1.807, 2.05) is 30.3 Å². The van der Waals surface area contributed by atoms with Crippen molar-refractivity contribution in [3.8, 4) is 0 Å². The van der Waals surface area contributed by atoms with E-state index >= 15 is 0 Å². The highest BCUT2D eigenvalue weighted by Crippen LogP contribution is 2.08. The number of rotatable bonds is 6. The topological polar surface area (TPSA) is 54.3 Å². The van der Waals surface area contributed by atoms with Crippen LogP contribution >= 0.6 is 0 Å². The van der Waals surface area contributed by atoms with E-state index < -0.39 is 6.10 Å². The van der Waals surface area contributed by atoms with Gasteiger partial charge < -0.3 is 15.0 Å². The molecule has 0 saturated carbocycles. The summed E-state index contributed by atoms with van der Waals surface area (Å²) >= 11 is 0. The minimum atomic E-state index is -0.551. The third kappa shape index (κ3) is 3.43. The molecule has 0 spiro atoms. The molecule has 19 heavy (non-hydrogen) atoms. The van der Waals surface area contributed by atoms with Crippen molar-refractivity contribution in [2.75, 3.05) is 13.1 Å². The van der Waals surface area contributed by atoms with Gasteiger partial charge in [0.25, 0.3) is 5.56 Å². The monoisotopic (exact) mass is 260 g/mol. The van der Waals surface area contributed by atoms with E-state index in [9.17, 15) is 9.90 Å². The number of aromatic nitrogens is 1. The Balaban J connectivity index is 2.13. The number of aliphatic hydroxyl groups excluding tert-OH is 1. The highest BCUT2D eigenvalue weighted by atomic mass is 16.3. The zero-order valence-corrected chi connectivity index (χ0v) is 11.2. The highest BCUT2D eigenvalue weighted by Gasteiger charge is 2.07. The zero-order valence-electron chi connectivity index (χ0n) is 11.2. The van der Waals surface area contributed by atoms with Crippen LogP contribution in [0.1, 0.15) is 13.3 Å². The van der Waals surface area contributed by atoms with Crippen molar-refractivity contribution in [2.45, 2.75) is 26.0 Å². The Morgan fingerprint density at radius 3 is 2.89 bits per heavy atom. The van der Waals surface area contributed by atoms with Crippen molar-refractivity contribution in [2.24, 2.45) is 0 Å². The number of hydrogen-bond donors (Lipinski definition) is 2. The van der Waals surface area contributed by atoms with E-state index in [0.29, 0.717) is 18.5 Å². The fourth-order valence-electron chi connectivity index (χ4n) is 2.11. The van der Waals surface area contributed by atoms with Crippen molar-refractivity contribution in [3.05, 3.63) is 46.9 Å². The van der Waals surface area contributed by atoms with Gasteiger partial charge in [0.1, 0.15) is 0 Å². The van der Waals surface area contributed by atoms with E-state index in [1.165, 1.54) is 0 Å². The smallest absolute Gasteiger partial charge is 0.258 e. The Bertz CT molecular complexity index is 592. The van der Waals surface area contributed by atoms with Crippen LogP contribution in [0.25, 0.3) is 10.8 Å². The molecule has 1 heterocycles. The van der Waals surface area contributed by atoms with Crippen molar-refractivity contribution in [3.63, 3.8) is 0 Å². The van der Waals surface area contributed by atoms with Crippen molar-refractivity contribution in [1.82, 2.24) is 9.88 Å². The summed E-state index contributed by atoms with van der Waals surface area (Å²) in [4.78, 5) is 12.2. The van der Waals surface area contributed by atoms with Crippen LogP contribution in [0.3, 0.4) is 0 Å². The first kappa shape index (κ1) is 13.8. The van der Waals surface area contributed by atoms with Crippen LogP contribution in [-0.4, -0.2) is 28.9 Å². The fourth-order valence-corrected chi connectivity index (χ4v) is 2.11. The number of benzene rings is 1. The minimum Gasteiger partial charge on any atom is -0.390 e. The highest BCUT2D eigenvalue weighted by molar-refractivity contribution is 5.81. The van der Waals surface area contributed by atoms with Gasteiger partial charge in [0.05, 0.1) is 12.6 Å². The number of fused-ring (bicyclic) bond motifs is 1. The molecule has 0 amide bonds. The van der Waals surface area contributed by atoms with Crippen LogP contribution in [0.15, 0.2) is 41.3 Å². The summed E-state index contributed by atoms with van der Waals surface area (Å²) in [5.41, 5.74) is -0.0485. The Hall–Kier alpha value is -1.65. The van der Waals surface area contributed by atoms with Gasteiger partial charge >= 0.3 is 0 Å². The number of aliphatic hydroxyl groups is 1. The summed E-state index contributed by atoms with van der Waals surface area (Å²) in [6.45, 7) is 3.78. The number of hydrogen-bond acceptors (Lipinski definition) is 3. The average molecular weight is 260 g/mol. The maximum absolute atomic E-state index is 12.2. The number of pyridine rings is 1. The van der Waals surface area contributed by atoms with Crippen LogP contribution in [0.4, 0.5) is 0 Å². The Labute approximate surface area is 112 Å². The van der Waals surface area contributed by atoms with Gasteiger partial charge in [-0.1, -0.05) is 25.1 Å². The third-order valence-corrected chi connectivity index (χ3v) is 3.10. The Morgan fingerprint density at radius 2 is 2.11 bits per heavy atom. The molecule has 0 aliphatic rings. The largest absolute Gasteiger partial charge is 0.390 e. The molecule has 0 radical (unpaired) electrons. The molecule has 0 aliphatic heterocycles. The van der Waals surface area contributed by atoms with Gasteiger partial charge in [0, 0.05) is 18.1 Å². The molecule has 102 valence electrons. The molecule has 1 atom stereocenters. The number of nitrogens with one attached hydrogen (secondary N) is 1. The summed E-state index contributed by atoms with van der Waals surface area (Å²) in [6, 6.07) is 9.40. The minimum absolute atomic E-state index is 0.0485. The van der Waals surface area contributed by atoms with Crippen LogP contribution in [0, 0.1) is 0 Å². The molecular formula is C15H20N2O2. The fraction of sp³-hybridized carbons (Fsp3) is 0.400. The second kappa shape index (κ2) is 6.50. The van der Waals surface area contributed by atoms with E-state index in [-0.39, 0.29) is 5.56 Å². The molecule has 2 aromatic rings. The standard InChI is InChI=1S/C15H20N2O2/c1-2-8-16-10-13(18)11-17-9-7-12-5-3-4-6-14(12)15(17)19/h3-7,9,13,16,18H,2,8,10-11H2,1H3. The molecule has 4 nitrogen and oxygen atoms in total. The molecule has 4 heteroatoms. The lowest BCUT2D eigenvalue weighted by atomic mass is 10.2. The van der Waals surface area contributed by atoms with Crippen LogP contribution in [-0.2, 0) is 6.54 Å². The molecule has 0 fully saturated rings. The van der Waals surface area contributed by atoms with Gasteiger partial charge in [-0.3, -0.25) is 4.79 Å². The average Bonchev–Trinajstić information content (AvgIpc) is 2.43. The van der Waals surface area contributed by atoms with E-state index in [0.717, 1.165) is 18.4 Å². The normalized spacial score (nSPS) is 12.7. The van der Waals surface area contributed by atoms with Gasteiger partial charge in [-0.2, -0.15) is 0 Å². The first-order valence-corrected chi connectivity index (χ1v) is 6.69. The summed E-state index contributed by atoms with van der Waals surface area (Å²) in [7, 11) is 0. The van der Waals surface area contributed by atoms with Gasteiger partial charge in [0.2, 0.25) is 0 Å². The SMILES string of the molecule is CCCNCC(O)Cn1ccc2ccccc2c1=O. The third-order valence-electron chi connectivity index (χ3n) is 3.10. The van der Waals surface area contributed by atoms with Crippen molar-refractivity contribution in [1.29, 1.82) is 0 Å². The van der Waals surface area contributed by atoms with Crippen molar-refractivity contribution < 1.29 is 5.11 Å². The quantitative estimate of drug-likeness (QED) is 0.771. The molecule has 0 saturated heterocycles. The van der Waals surface area contributed by atoms with Crippen molar-refractivity contribution >= 4 is 10.8 Å². The second-order valence-electron chi connectivity index (χ2n) is 4.72. The molecule has 0 bridgehead atoms. The first-order chi connectivity index (χ1) is 9.22. The van der Waals surface area contributed by atoms with Gasteiger partial charge in [-0.15, -0.1) is 0 Å². The Kier molecular flexibility index (Phi) is 4.71. The lowest BCUT2D eigenvalue weighted by Gasteiger charge is -2.13. The van der Waals surface area contributed by atoms with E-state index in [2.05, 4.69) is 12.2 Å². The van der Waals surface area contributed by atoms with Gasteiger partial charge in [-0.05, 0) is 30.5 Å². The molecule has 1 unspecified atom stereocenters. The maximum atomic E-state index is 12.2. The molecule has 2 rings (SSSR count). The van der Waals surface area contributed by atoms with Gasteiger partial charge in [0.15, 0.2) is 0 Å². The number of nitrogens with zero attached hydrogens (tertiary/aromatic N) is 1. The van der Waals surface area contributed by atoms with Gasteiger partial charge in [-0.25, -0.2) is 0 Å². The lowest BCUT2D eigenvalue weighted by Crippen LogP contribution is -2.34. The lowest BCUT2D eigenvalue weighted by molar-refractivity contribution is 0.150.